The molecule has 1 N–H and O–H groups in total. The summed E-state index contributed by atoms with van der Waals surface area (Å²) < 4.78 is 1.19. The van der Waals surface area contributed by atoms with E-state index in [0.717, 1.165) is 5.56 Å². The van der Waals surface area contributed by atoms with E-state index in [1.54, 1.807) is 0 Å². The number of benzene rings is 1. The summed E-state index contributed by atoms with van der Waals surface area (Å²) in [6, 6.07) is 8.09. The second-order valence-electron chi connectivity index (χ2n) is 2.99. The van der Waals surface area contributed by atoms with E-state index in [2.05, 4.69) is 34.5 Å². The third-order valence-electron chi connectivity index (χ3n) is 1.91. The Morgan fingerprint density at radius 1 is 1.50 bits per heavy atom. The minimum Gasteiger partial charge on any atom is -0.346 e. The summed E-state index contributed by atoms with van der Waals surface area (Å²) in [4.78, 5) is 11.0. The molecule has 0 spiro atoms. The first kappa shape index (κ1) is 11.2. The third kappa shape index (κ3) is 3.14. The molecule has 1 amide bonds. The van der Waals surface area contributed by atoms with Crippen molar-refractivity contribution in [3.63, 3.8) is 0 Å². The molecule has 14 heavy (non-hydrogen) atoms. The van der Waals surface area contributed by atoms with Gasteiger partial charge in [-0.2, -0.15) is 0 Å². The zero-order valence-corrected chi connectivity index (χ0v) is 10.1. The lowest BCUT2D eigenvalue weighted by atomic mass is 10.1. The molecular weight excluding hydrogens is 289 g/mol. The minimum atomic E-state index is -0.143. The van der Waals surface area contributed by atoms with E-state index in [9.17, 15) is 4.79 Å². The van der Waals surface area contributed by atoms with Gasteiger partial charge in [-0.15, -0.1) is 0 Å². The summed E-state index contributed by atoms with van der Waals surface area (Å²) >= 11 is 2.25. The van der Waals surface area contributed by atoms with E-state index in [1.807, 2.05) is 31.2 Å². The molecule has 0 radical (unpaired) electrons. The van der Waals surface area contributed by atoms with Crippen LogP contribution >= 0.6 is 22.6 Å². The van der Waals surface area contributed by atoms with Gasteiger partial charge in [-0.1, -0.05) is 18.7 Å². The van der Waals surface area contributed by atoms with Crippen molar-refractivity contribution in [3.8, 4) is 0 Å². The van der Waals surface area contributed by atoms with Crippen molar-refractivity contribution in [2.45, 2.75) is 13.0 Å². The zero-order chi connectivity index (χ0) is 10.6. The first-order valence-electron chi connectivity index (χ1n) is 4.32. The molecular formula is C11H12INO. The number of nitrogens with one attached hydrogen (secondary N) is 1. The van der Waals surface area contributed by atoms with Crippen LogP contribution in [0.5, 0.6) is 0 Å². The smallest absolute Gasteiger partial charge is 0.243 e. The molecule has 1 aromatic carbocycles. The van der Waals surface area contributed by atoms with Crippen LogP contribution in [0, 0.1) is 3.57 Å². The van der Waals surface area contributed by atoms with Gasteiger partial charge in [0.05, 0.1) is 6.04 Å². The molecule has 0 bridgehead atoms. The van der Waals surface area contributed by atoms with Gasteiger partial charge >= 0.3 is 0 Å². The van der Waals surface area contributed by atoms with Gasteiger partial charge in [-0.25, -0.2) is 0 Å². The highest BCUT2D eigenvalue weighted by molar-refractivity contribution is 14.1. The van der Waals surface area contributed by atoms with Crippen molar-refractivity contribution in [1.82, 2.24) is 5.32 Å². The molecule has 0 fully saturated rings. The summed E-state index contributed by atoms with van der Waals surface area (Å²) in [7, 11) is 0. The molecule has 0 aliphatic rings. The maximum atomic E-state index is 11.0. The predicted molar refractivity (Wildman–Crippen MR) is 65.9 cm³/mol. The molecule has 1 rings (SSSR count). The summed E-state index contributed by atoms with van der Waals surface area (Å²) in [5.74, 6) is -0.143. The first-order chi connectivity index (χ1) is 6.63. The lowest BCUT2D eigenvalue weighted by Crippen LogP contribution is -2.24. The number of hydrogen-bond donors (Lipinski definition) is 1. The van der Waals surface area contributed by atoms with Crippen LogP contribution in [0.4, 0.5) is 0 Å². The monoisotopic (exact) mass is 301 g/mol. The van der Waals surface area contributed by atoms with Gasteiger partial charge in [0, 0.05) is 3.57 Å². The van der Waals surface area contributed by atoms with Gasteiger partial charge in [0.2, 0.25) is 5.91 Å². The number of rotatable bonds is 3. The zero-order valence-electron chi connectivity index (χ0n) is 7.96. The van der Waals surface area contributed by atoms with E-state index >= 15 is 0 Å². The Bertz CT molecular complexity index is 332. The van der Waals surface area contributed by atoms with E-state index in [0.29, 0.717) is 0 Å². The Hall–Kier alpha value is -0.840. The molecule has 0 heterocycles. The molecule has 2 nitrogen and oxygen atoms in total. The predicted octanol–water partition coefficient (Wildman–Crippen LogP) is 2.65. The second-order valence-corrected chi connectivity index (χ2v) is 4.23. The average Bonchev–Trinajstić information content (AvgIpc) is 2.18. The van der Waals surface area contributed by atoms with E-state index in [4.69, 9.17) is 0 Å². The van der Waals surface area contributed by atoms with Crippen LogP contribution in [-0.4, -0.2) is 5.91 Å². The highest BCUT2D eigenvalue weighted by Gasteiger charge is 2.06. The average molecular weight is 301 g/mol. The van der Waals surface area contributed by atoms with Crippen molar-refractivity contribution in [2.24, 2.45) is 0 Å². The summed E-state index contributed by atoms with van der Waals surface area (Å²) in [5.41, 5.74) is 1.10. The van der Waals surface area contributed by atoms with Gasteiger partial charge in [0.1, 0.15) is 0 Å². The summed E-state index contributed by atoms with van der Waals surface area (Å²) in [6.07, 6.45) is 1.28. The SMILES string of the molecule is C=CC(=O)N[C@@H](C)c1ccc(I)cc1. The number of carbonyl (C=O) groups excluding carboxylic acids is 1. The van der Waals surface area contributed by atoms with Gasteiger partial charge < -0.3 is 5.32 Å². The molecule has 3 heteroatoms. The molecule has 74 valence electrons. The van der Waals surface area contributed by atoms with Crippen LogP contribution in [0.15, 0.2) is 36.9 Å². The normalized spacial score (nSPS) is 11.9. The van der Waals surface area contributed by atoms with Gasteiger partial charge in [-0.05, 0) is 53.3 Å². The Morgan fingerprint density at radius 2 is 2.07 bits per heavy atom. The van der Waals surface area contributed by atoms with Crippen molar-refractivity contribution in [1.29, 1.82) is 0 Å². The van der Waals surface area contributed by atoms with Gasteiger partial charge in [0.15, 0.2) is 0 Å². The lowest BCUT2D eigenvalue weighted by Gasteiger charge is -2.12. The van der Waals surface area contributed by atoms with E-state index in [-0.39, 0.29) is 11.9 Å². The number of hydrogen-bond acceptors (Lipinski definition) is 1. The van der Waals surface area contributed by atoms with Gasteiger partial charge in [-0.3, -0.25) is 4.79 Å². The second kappa shape index (κ2) is 5.14. The fourth-order valence-electron chi connectivity index (χ4n) is 1.11. The molecule has 0 saturated carbocycles. The molecule has 0 aliphatic carbocycles. The van der Waals surface area contributed by atoms with E-state index in [1.165, 1.54) is 9.65 Å². The van der Waals surface area contributed by atoms with Crippen LogP contribution in [0.1, 0.15) is 18.5 Å². The van der Waals surface area contributed by atoms with Crippen molar-refractivity contribution < 1.29 is 4.79 Å². The highest BCUT2D eigenvalue weighted by atomic mass is 127. The van der Waals surface area contributed by atoms with Crippen LogP contribution in [0.2, 0.25) is 0 Å². The molecule has 0 aromatic heterocycles. The molecule has 1 atom stereocenters. The Labute approximate surface area is 97.5 Å². The summed E-state index contributed by atoms with van der Waals surface area (Å²) in [5, 5.41) is 2.81. The van der Waals surface area contributed by atoms with Crippen LogP contribution in [0.25, 0.3) is 0 Å². The van der Waals surface area contributed by atoms with Crippen LogP contribution in [-0.2, 0) is 4.79 Å². The summed E-state index contributed by atoms with van der Waals surface area (Å²) in [6.45, 7) is 5.36. The van der Waals surface area contributed by atoms with E-state index < -0.39 is 0 Å². The Kier molecular flexibility index (Phi) is 4.13. The standard InChI is InChI=1S/C11H12INO/c1-3-11(14)13-8(2)9-4-6-10(12)7-5-9/h3-8H,1H2,2H3,(H,13,14)/t8-/m0/s1. The van der Waals surface area contributed by atoms with Crippen LogP contribution in [0.3, 0.4) is 0 Å². The fraction of sp³-hybridized carbons (Fsp3) is 0.182. The fourth-order valence-corrected chi connectivity index (χ4v) is 1.47. The Balaban J connectivity index is 2.69. The van der Waals surface area contributed by atoms with Crippen molar-refractivity contribution >= 4 is 28.5 Å². The van der Waals surface area contributed by atoms with Crippen molar-refractivity contribution in [2.75, 3.05) is 0 Å². The van der Waals surface area contributed by atoms with Crippen molar-refractivity contribution in [3.05, 3.63) is 46.1 Å². The molecule has 0 saturated heterocycles. The maximum Gasteiger partial charge on any atom is 0.243 e. The topological polar surface area (TPSA) is 29.1 Å². The third-order valence-corrected chi connectivity index (χ3v) is 2.63. The number of halogens is 1. The number of carbonyl (C=O) groups is 1. The van der Waals surface area contributed by atoms with Crippen LogP contribution < -0.4 is 5.32 Å². The number of amides is 1. The Morgan fingerprint density at radius 3 is 2.57 bits per heavy atom. The highest BCUT2D eigenvalue weighted by Crippen LogP contribution is 2.14. The maximum absolute atomic E-state index is 11.0. The minimum absolute atomic E-state index is 0.0255. The van der Waals surface area contributed by atoms with Gasteiger partial charge in [0.25, 0.3) is 0 Å². The lowest BCUT2D eigenvalue weighted by molar-refractivity contribution is -0.117. The molecule has 0 unspecified atom stereocenters. The largest absolute Gasteiger partial charge is 0.346 e. The quantitative estimate of drug-likeness (QED) is 0.675. The first-order valence-corrected chi connectivity index (χ1v) is 5.39. The molecule has 1 aromatic rings. The molecule has 0 aliphatic heterocycles.